The molecule has 0 rings (SSSR count). The molecule has 7 N–H and O–H groups in total. The van der Waals surface area contributed by atoms with E-state index < -0.39 is 53.8 Å². The zero-order valence-corrected chi connectivity index (χ0v) is 19.2. The largest absolute Gasteiger partial charge is 0.480 e. The fraction of sp³-hybridized carbons (Fsp3) is 0.750. The number of nitrogens with two attached hydrogens (primary N) is 1. The Labute approximate surface area is 183 Å². The monoisotopic (exact) mass is 443 g/mol. The Bertz CT molecular complexity index is 652. The van der Waals surface area contributed by atoms with Gasteiger partial charge in [-0.2, -0.15) is 0 Å². The standard InChI is InChI=1S/C20H37N5O6/c1-10(2)7-14(19(29)25-15(20(30)31)8-11(3)4)24-18(28)13(6)23-17(27)12(5)22-16(26)9-21/h10-15H,7-9,21H2,1-6H3,(H,22,26)(H,23,27)(H,24,28)(H,25,29)(H,30,31). The highest BCUT2D eigenvalue weighted by Crippen LogP contribution is 2.09. The third-order valence-corrected chi connectivity index (χ3v) is 4.37. The maximum Gasteiger partial charge on any atom is 0.326 e. The Hall–Kier alpha value is -2.69. The van der Waals surface area contributed by atoms with E-state index in [2.05, 4.69) is 21.3 Å². The minimum Gasteiger partial charge on any atom is -0.480 e. The van der Waals surface area contributed by atoms with Gasteiger partial charge in [-0.3, -0.25) is 19.2 Å². The first-order chi connectivity index (χ1) is 14.3. The van der Waals surface area contributed by atoms with Crippen molar-refractivity contribution >= 4 is 29.6 Å². The van der Waals surface area contributed by atoms with Crippen LogP contribution in [-0.4, -0.2) is 65.4 Å². The van der Waals surface area contributed by atoms with Crippen molar-refractivity contribution in [1.82, 2.24) is 21.3 Å². The van der Waals surface area contributed by atoms with E-state index in [1.165, 1.54) is 13.8 Å². The molecule has 11 nitrogen and oxygen atoms in total. The Kier molecular flexibility index (Phi) is 12.4. The Balaban J connectivity index is 5.10. The van der Waals surface area contributed by atoms with Crippen LogP contribution in [0.15, 0.2) is 0 Å². The molecule has 0 spiro atoms. The second-order valence-corrected chi connectivity index (χ2v) is 8.44. The molecule has 0 aromatic heterocycles. The summed E-state index contributed by atoms with van der Waals surface area (Å²) in [7, 11) is 0. The molecule has 0 aliphatic rings. The summed E-state index contributed by atoms with van der Waals surface area (Å²) in [4.78, 5) is 60.1. The molecule has 0 saturated carbocycles. The van der Waals surface area contributed by atoms with Crippen LogP contribution < -0.4 is 27.0 Å². The van der Waals surface area contributed by atoms with Gasteiger partial charge in [0.15, 0.2) is 0 Å². The number of nitrogens with one attached hydrogen (secondary N) is 4. The Morgan fingerprint density at radius 3 is 1.55 bits per heavy atom. The van der Waals surface area contributed by atoms with Crippen LogP contribution in [0.1, 0.15) is 54.4 Å². The zero-order valence-electron chi connectivity index (χ0n) is 19.2. The molecule has 31 heavy (non-hydrogen) atoms. The van der Waals surface area contributed by atoms with Gasteiger partial charge in [-0.1, -0.05) is 27.7 Å². The second kappa shape index (κ2) is 13.6. The van der Waals surface area contributed by atoms with Gasteiger partial charge in [-0.05, 0) is 38.5 Å². The minimum atomic E-state index is -1.15. The normalized spacial score (nSPS) is 14.9. The molecule has 0 aliphatic carbocycles. The van der Waals surface area contributed by atoms with E-state index in [-0.39, 0.29) is 31.2 Å². The minimum absolute atomic E-state index is 0.0424. The van der Waals surface area contributed by atoms with E-state index in [0.717, 1.165) is 0 Å². The highest BCUT2D eigenvalue weighted by Gasteiger charge is 2.29. The van der Waals surface area contributed by atoms with Gasteiger partial charge in [0.2, 0.25) is 23.6 Å². The number of amides is 4. The predicted octanol–water partition coefficient (Wildman–Crippen LogP) is -0.899. The predicted molar refractivity (Wildman–Crippen MR) is 115 cm³/mol. The molecule has 4 unspecified atom stereocenters. The number of carboxylic acids is 1. The smallest absolute Gasteiger partial charge is 0.326 e. The number of aliphatic carboxylic acids is 1. The van der Waals surface area contributed by atoms with Crippen molar-refractivity contribution in [2.75, 3.05) is 6.54 Å². The molecule has 0 radical (unpaired) electrons. The molecule has 0 bridgehead atoms. The van der Waals surface area contributed by atoms with E-state index in [1.54, 1.807) is 0 Å². The van der Waals surface area contributed by atoms with Crippen LogP contribution in [0.25, 0.3) is 0 Å². The number of carbonyl (C=O) groups is 5. The van der Waals surface area contributed by atoms with Gasteiger partial charge in [0, 0.05) is 0 Å². The summed E-state index contributed by atoms with van der Waals surface area (Å²) in [5.74, 6) is -3.36. The summed E-state index contributed by atoms with van der Waals surface area (Å²) >= 11 is 0. The van der Waals surface area contributed by atoms with Crippen LogP contribution in [0.3, 0.4) is 0 Å². The molecular formula is C20H37N5O6. The molecule has 4 amide bonds. The molecule has 0 aromatic rings. The summed E-state index contributed by atoms with van der Waals surface area (Å²) in [5, 5.41) is 19.2. The van der Waals surface area contributed by atoms with Gasteiger partial charge in [-0.25, -0.2) is 4.79 Å². The fourth-order valence-corrected chi connectivity index (χ4v) is 2.73. The summed E-state index contributed by atoms with van der Waals surface area (Å²) in [5.41, 5.74) is 5.19. The highest BCUT2D eigenvalue weighted by atomic mass is 16.4. The first-order valence-corrected chi connectivity index (χ1v) is 10.4. The lowest BCUT2D eigenvalue weighted by molar-refractivity contribution is -0.143. The van der Waals surface area contributed by atoms with Crippen molar-refractivity contribution in [2.24, 2.45) is 17.6 Å². The van der Waals surface area contributed by atoms with Gasteiger partial charge in [-0.15, -0.1) is 0 Å². The SMILES string of the molecule is CC(C)CC(NC(=O)C(CC(C)C)NC(=O)C(C)NC(=O)C(C)NC(=O)CN)C(=O)O. The molecule has 0 aromatic carbocycles. The van der Waals surface area contributed by atoms with E-state index in [4.69, 9.17) is 5.73 Å². The summed E-state index contributed by atoms with van der Waals surface area (Å²) in [6.07, 6.45) is 0.539. The quantitative estimate of drug-likeness (QED) is 0.213. The number of hydrogen-bond donors (Lipinski definition) is 6. The number of carbonyl (C=O) groups excluding carboxylic acids is 4. The van der Waals surface area contributed by atoms with Crippen molar-refractivity contribution in [3.8, 4) is 0 Å². The van der Waals surface area contributed by atoms with Gasteiger partial charge in [0.05, 0.1) is 6.54 Å². The van der Waals surface area contributed by atoms with E-state index >= 15 is 0 Å². The molecule has 0 aliphatic heterocycles. The summed E-state index contributed by atoms with van der Waals surface area (Å²) in [6, 6.07) is -3.91. The third-order valence-electron chi connectivity index (χ3n) is 4.37. The first-order valence-electron chi connectivity index (χ1n) is 10.4. The zero-order chi connectivity index (χ0) is 24.3. The van der Waals surface area contributed by atoms with Crippen LogP contribution >= 0.6 is 0 Å². The first kappa shape index (κ1) is 28.3. The molecule has 178 valence electrons. The van der Waals surface area contributed by atoms with Crippen molar-refractivity contribution in [3.63, 3.8) is 0 Å². The maximum absolute atomic E-state index is 12.7. The topological polar surface area (TPSA) is 180 Å². The van der Waals surface area contributed by atoms with Crippen molar-refractivity contribution < 1.29 is 29.1 Å². The third kappa shape index (κ3) is 11.3. The molecule has 11 heteroatoms. The highest BCUT2D eigenvalue weighted by molar-refractivity contribution is 5.94. The van der Waals surface area contributed by atoms with Crippen LogP contribution in [0, 0.1) is 11.8 Å². The lowest BCUT2D eigenvalue weighted by Gasteiger charge is -2.25. The van der Waals surface area contributed by atoms with Gasteiger partial charge in [0.1, 0.15) is 24.2 Å². The maximum atomic E-state index is 12.7. The number of carboxylic acid groups (broad SMARTS) is 1. The second-order valence-electron chi connectivity index (χ2n) is 8.44. The van der Waals surface area contributed by atoms with Gasteiger partial charge in [0.25, 0.3) is 0 Å². The lowest BCUT2D eigenvalue weighted by Crippen LogP contribution is -2.57. The van der Waals surface area contributed by atoms with Crippen molar-refractivity contribution in [3.05, 3.63) is 0 Å². The van der Waals surface area contributed by atoms with Gasteiger partial charge >= 0.3 is 5.97 Å². The number of hydrogen-bond acceptors (Lipinski definition) is 6. The van der Waals surface area contributed by atoms with Crippen LogP contribution in [0.5, 0.6) is 0 Å². The lowest BCUT2D eigenvalue weighted by atomic mass is 10.0. The molecule has 0 heterocycles. The molecular weight excluding hydrogens is 406 g/mol. The Morgan fingerprint density at radius 2 is 1.10 bits per heavy atom. The average Bonchev–Trinajstić information content (AvgIpc) is 2.65. The van der Waals surface area contributed by atoms with Crippen LogP contribution in [-0.2, 0) is 24.0 Å². The number of rotatable bonds is 13. The summed E-state index contributed by atoms with van der Waals surface area (Å²) in [6.45, 7) is 10.0. The summed E-state index contributed by atoms with van der Waals surface area (Å²) < 4.78 is 0. The van der Waals surface area contributed by atoms with E-state index in [0.29, 0.717) is 0 Å². The Morgan fingerprint density at radius 1 is 0.677 bits per heavy atom. The molecule has 0 fully saturated rings. The van der Waals surface area contributed by atoms with Gasteiger partial charge < -0.3 is 32.1 Å². The van der Waals surface area contributed by atoms with Crippen molar-refractivity contribution in [1.29, 1.82) is 0 Å². The average molecular weight is 444 g/mol. The van der Waals surface area contributed by atoms with E-state index in [1.807, 2.05) is 27.7 Å². The van der Waals surface area contributed by atoms with Crippen LogP contribution in [0.2, 0.25) is 0 Å². The molecule has 4 atom stereocenters. The van der Waals surface area contributed by atoms with Crippen LogP contribution in [0.4, 0.5) is 0 Å². The molecule has 0 saturated heterocycles. The fourth-order valence-electron chi connectivity index (χ4n) is 2.73. The van der Waals surface area contributed by atoms with E-state index in [9.17, 15) is 29.1 Å². The van der Waals surface area contributed by atoms with Crippen molar-refractivity contribution in [2.45, 2.75) is 78.6 Å².